The van der Waals surface area contributed by atoms with Crippen LogP contribution in [0, 0.1) is 17.5 Å². The van der Waals surface area contributed by atoms with Crippen LogP contribution in [0.5, 0.6) is 0 Å². The van der Waals surface area contributed by atoms with Crippen molar-refractivity contribution in [2.75, 3.05) is 5.73 Å². The predicted octanol–water partition coefficient (Wildman–Crippen LogP) is 3.04. The molecule has 2 N–H and O–H groups in total. The van der Waals surface area contributed by atoms with E-state index in [-0.39, 0.29) is 16.8 Å². The number of nitrogen functional groups attached to an aromatic ring is 1. The largest absolute Gasteiger partial charge is 0.457 e. The smallest absolute Gasteiger partial charge is 0.338 e. The molecule has 0 fully saturated rings. The summed E-state index contributed by atoms with van der Waals surface area (Å²) in [5.74, 6) is -3.13. The highest BCUT2D eigenvalue weighted by Crippen LogP contribution is 2.16. The van der Waals surface area contributed by atoms with Crippen LogP contribution < -0.4 is 5.73 Å². The first-order valence-electron chi connectivity index (χ1n) is 5.64. The van der Waals surface area contributed by atoms with Crippen molar-refractivity contribution in [3.8, 4) is 0 Å². The topological polar surface area (TPSA) is 52.3 Å². The van der Waals surface area contributed by atoms with E-state index in [0.29, 0.717) is 0 Å². The van der Waals surface area contributed by atoms with Gasteiger partial charge < -0.3 is 10.5 Å². The Balaban J connectivity index is 2.11. The monoisotopic (exact) mass is 281 g/mol. The van der Waals surface area contributed by atoms with Gasteiger partial charge in [-0.3, -0.25) is 0 Å². The summed E-state index contributed by atoms with van der Waals surface area (Å²) in [5, 5.41) is 0. The van der Waals surface area contributed by atoms with Crippen molar-refractivity contribution >= 4 is 11.7 Å². The maximum absolute atomic E-state index is 13.3. The Bertz CT molecular complexity index is 639. The van der Waals surface area contributed by atoms with Crippen molar-refractivity contribution in [1.82, 2.24) is 0 Å². The molecule has 2 aromatic carbocycles. The maximum Gasteiger partial charge on any atom is 0.338 e. The normalized spacial score (nSPS) is 10.3. The van der Waals surface area contributed by atoms with E-state index in [2.05, 4.69) is 0 Å². The molecule has 0 radical (unpaired) electrons. The molecule has 0 bridgehead atoms. The molecule has 0 heterocycles. The van der Waals surface area contributed by atoms with Crippen LogP contribution in [0.25, 0.3) is 0 Å². The second-order valence-electron chi connectivity index (χ2n) is 4.01. The third-order valence-electron chi connectivity index (χ3n) is 2.64. The average molecular weight is 281 g/mol. The van der Waals surface area contributed by atoms with Gasteiger partial charge in [0, 0.05) is 0 Å². The van der Waals surface area contributed by atoms with Gasteiger partial charge in [-0.15, -0.1) is 0 Å². The number of benzene rings is 2. The molecule has 0 aliphatic rings. The standard InChI is InChI=1S/C14H10F3NO2/c15-10-2-1-3-11(16)9(10)7-20-14(19)8-4-5-12(17)13(18)6-8/h1-6H,7,18H2. The van der Waals surface area contributed by atoms with Gasteiger partial charge in [0.15, 0.2) is 0 Å². The molecule has 0 amide bonds. The van der Waals surface area contributed by atoms with Gasteiger partial charge in [-0.2, -0.15) is 0 Å². The molecule has 0 aromatic heterocycles. The van der Waals surface area contributed by atoms with Crippen LogP contribution in [0.4, 0.5) is 18.9 Å². The second-order valence-corrected chi connectivity index (χ2v) is 4.01. The summed E-state index contributed by atoms with van der Waals surface area (Å²) >= 11 is 0. The zero-order valence-electron chi connectivity index (χ0n) is 10.2. The molecule has 6 heteroatoms. The van der Waals surface area contributed by atoms with Crippen LogP contribution in [-0.4, -0.2) is 5.97 Å². The van der Waals surface area contributed by atoms with Gasteiger partial charge in [0.25, 0.3) is 0 Å². The number of rotatable bonds is 3. The molecular formula is C14H10F3NO2. The van der Waals surface area contributed by atoms with Crippen molar-refractivity contribution in [2.24, 2.45) is 0 Å². The Hall–Kier alpha value is -2.50. The quantitative estimate of drug-likeness (QED) is 0.695. The van der Waals surface area contributed by atoms with Crippen molar-refractivity contribution in [3.63, 3.8) is 0 Å². The fourth-order valence-electron chi connectivity index (χ4n) is 1.56. The van der Waals surface area contributed by atoms with Gasteiger partial charge in [-0.25, -0.2) is 18.0 Å². The Morgan fingerprint density at radius 1 is 1.05 bits per heavy atom. The number of nitrogens with two attached hydrogens (primary N) is 1. The number of carbonyl (C=O) groups excluding carboxylic acids is 1. The molecule has 3 nitrogen and oxygen atoms in total. The van der Waals surface area contributed by atoms with Crippen molar-refractivity contribution in [1.29, 1.82) is 0 Å². The molecule has 2 rings (SSSR count). The first-order valence-corrected chi connectivity index (χ1v) is 5.64. The molecule has 2 aromatic rings. The first kappa shape index (κ1) is 13.9. The Morgan fingerprint density at radius 3 is 2.30 bits per heavy atom. The molecule has 0 aliphatic carbocycles. The van der Waals surface area contributed by atoms with Crippen LogP contribution in [0.15, 0.2) is 36.4 Å². The van der Waals surface area contributed by atoms with E-state index in [4.69, 9.17) is 10.5 Å². The van der Waals surface area contributed by atoms with Gasteiger partial charge in [0.1, 0.15) is 24.1 Å². The summed E-state index contributed by atoms with van der Waals surface area (Å²) < 4.78 is 44.4. The van der Waals surface area contributed by atoms with Crippen LogP contribution in [0.3, 0.4) is 0 Å². The lowest BCUT2D eigenvalue weighted by atomic mass is 10.2. The number of halogens is 3. The minimum absolute atomic E-state index is 0.000599. The zero-order chi connectivity index (χ0) is 14.7. The van der Waals surface area contributed by atoms with E-state index in [0.717, 1.165) is 24.3 Å². The molecule has 0 saturated carbocycles. The maximum atomic E-state index is 13.3. The van der Waals surface area contributed by atoms with E-state index in [9.17, 15) is 18.0 Å². The number of hydrogen-bond acceptors (Lipinski definition) is 3. The number of hydrogen-bond donors (Lipinski definition) is 1. The zero-order valence-corrected chi connectivity index (χ0v) is 10.2. The molecule has 0 spiro atoms. The third-order valence-corrected chi connectivity index (χ3v) is 2.64. The molecule has 0 atom stereocenters. The van der Waals surface area contributed by atoms with Crippen LogP contribution >= 0.6 is 0 Å². The van der Waals surface area contributed by atoms with Crippen LogP contribution in [-0.2, 0) is 11.3 Å². The SMILES string of the molecule is Nc1cc(C(=O)OCc2c(F)cccc2F)ccc1F. The van der Waals surface area contributed by atoms with Crippen molar-refractivity contribution in [2.45, 2.75) is 6.61 Å². The van der Waals surface area contributed by atoms with Gasteiger partial charge >= 0.3 is 5.97 Å². The average Bonchev–Trinajstić information content (AvgIpc) is 2.41. The summed E-state index contributed by atoms with van der Waals surface area (Å²) in [6.45, 7) is -0.561. The minimum Gasteiger partial charge on any atom is -0.457 e. The van der Waals surface area contributed by atoms with Crippen molar-refractivity contribution < 1.29 is 22.7 Å². The fraction of sp³-hybridized carbons (Fsp3) is 0.0714. The van der Waals surface area contributed by atoms with E-state index >= 15 is 0 Å². The highest BCUT2D eigenvalue weighted by molar-refractivity contribution is 5.90. The molecule has 0 unspecified atom stereocenters. The number of anilines is 1. The van der Waals surface area contributed by atoms with Gasteiger partial charge in [-0.1, -0.05) is 6.07 Å². The van der Waals surface area contributed by atoms with Gasteiger partial charge in [-0.05, 0) is 30.3 Å². The minimum atomic E-state index is -0.848. The van der Waals surface area contributed by atoms with E-state index in [1.807, 2.05) is 0 Å². The van der Waals surface area contributed by atoms with E-state index < -0.39 is 30.0 Å². The Labute approximate surface area is 112 Å². The number of esters is 1. The summed E-state index contributed by atoms with van der Waals surface area (Å²) in [7, 11) is 0. The van der Waals surface area contributed by atoms with E-state index in [1.165, 1.54) is 12.1 Å². The molecule has 0 saturated heterocycles. The summed E-state index contributed by atoms with van der Waals surface area (Å²) in [6, 6.07) is 6.59. The predicted molar refractivity (Wildman–Crippen MR) is 66.3 cm³/mol. The summed E-state index contributed by atoms with van der Waals surface area (Å²) in [5.41, 5.74) is 4.75. The van der Waals surface area contributed by atoms with Gasteiger partial charge in [0.05, 0.1) is 16.8 Å². The highest BCUT2D eigenvalue weighted by atomic mass is 19.1. The first-order chi connectivity index (χ1) is 9.49. The number of ether oxygens (including phenoxy) is 1. The lowest BCUT2D eigenvalue weighted by Crippen LogP contribution is -2.08. The Morgan fingerprint density at radius 2 is 1.70 bits per heavy atom. The Kier molecular flexibility index (Phi) is 3.93. The lowest BCUT2D eigenvalue weighted by Gasteiger charge is -2.07. The number of carbonyl (C=O) groups is 1. The van der Waals surface area contributed by atoms with Crippen LogP contribution in [0.2, 0.25) is 0 Å². The second kappa shape index (κ2) is 5.64. The van der Waals surface area contributed by atoms with Gasteiger partial charge in [0.2, 0.25) is 0 Å². The fourth-order valence-corrected chi connectivity index (χ4v) is 1.56. The molecule has 104 valence electrons. The van der Waals surface area contributed by atoms with Crippen LogP contribution in [0.1, 0.15) is 15.9 Å². The molecular weight excluding hydrogens is 271 g/mol. The highest BCUT2D eigenvalue weighted by Gasteiger charge is 2.13. The third kappa shape index (κ3) is 2.90. The molecule has 20 heavy (non-hydrogen) atoms. The lowest BCUT2D eigenvalue weighted by molar-refractivity contribution is 0.0465. The molecule has 0 aliphatic heterocycles. The summed E-state index contributed by atoms with van der Waals surface area (Å²) in [4.78, 5) is 11.7. The van der Waals surface area contributed by atoms with E-state index in [1.54, 1.807) is 0 Å². The summed E-state index contributed by atoms with van der Waals surface area (Å²) in [6.07, 6.45) is 0. The van der Waals surface area contributed by atoms with Crippen molar-refractivity contribution in [3.05, 3.63) is 65.0 Å².